The molecule has 0 fully saturated rings. The fourth-order valence-electron chi connectivity index (χ4n) is 2.13. The van der Waals surface area contributed by atoms with Crippen molar-refractivity contribution >= 4 is 16.7 Å². The Balaban J connectivity index is 1.77. The molecule has 0 aliphatic carbocycles. The van der Waals surface area contributed by atoms with Gasteiger partial charge in [-0.15, -0.1) is 0 Å². The van der Waals surface area contributed by atoms with E-state index in [1.807, 2.05) is 42.5 Å². The number of carbonyl (C=O) groups excluding carboxylic acids is 1. The molecule has 0 radical (unpaired) electrons. The average molecular weight is 282 g/mol. The Labute approximate surface area is 121 Å². The lowest BCUT2D eigenvalue weighted by Crippen LogP contribution is -2.29. The molecule has 5 nitrogen and oxygen atoms in total. The van der Waals surface area contributed by atoms with Crippen LogP contribution in [-0.2, 0) is 6.61 Å². The third-order valence-corrected chi connectivity index (χ3v) is 3.17. The molecule has 0 unspecified atom stereocenters. The number of carbonyl (C=O) groups is 1. The zero-order valence-electron chi connectivity index (χ0n) is 11.2. The lowest BCUT2D eigenvalue weighted by Gasteiger charge is -2.07. The molecule has 0 saturated heterocycles. The predicted octanol–water partition coefficient (Wildman–Crippen LogP) is 2.62. The Morgan fingerprint density at radius 2 is 2.00 bits per heavy atom. The van der Waals surface area contributed by atoms with Crippen LogP contribution < -0.4 is 16.0 Å². The van der Waals surface area contributed by atoms with Crippen LogP contribution in [0.1, 0.15) is 16.1 Å². The number of amides is 1. The Morgan fingerprint density at radius 1 is 1.19 bits per heavy atom. The van der Waals surface area contributed by atoms with Gasteiger partial charge in [-0.2, -0.15) is 0 Å². The number of hydrogen-bond acceptors (Lipinski definition) is 4. The highest BCUT2D eigenvalue weighted by Gasteiger charge is 2.09. The van der Waals surface area contributed by atoms with Crippen LogP contribution >= 0.6 is 0 Å². The Bertz CT molecular complexity index is 775. The number of rotatable bonds is 4. The molecule has 0 saturated carbocycles. The summed E-state index contributed by atoms with van der Waals surface area (Å²) in [5, 5.41) is 2.14. The smallest absolute Gasteiger partial charge is 0.268 e. The molecule has 1 amide bonds. The van der Waals surface area contributed by atoms with Crippen LogP contribution in [0.2, 0.25) is 0 Å². The lowest BCUT2D eigenvalue weighted by molar-refractivity contribution is 0.0953. The van der Waals surface area contributed by atoms with Gasteiger partial charge in [0.05, 0.1) is 5.56 Å². The molecule has 0 atom stereocenters. The van der Waals surface area contributed by atoms with Crippen molar-refractivity contribution in [1.29, 1.82) is 0 Å². The fourth-order valence-corrected chi connectivity index (χ4v) is 2.13. The normalized spacial score (nSPS) is 10.5. The quantitative estimate of drug-likeness (QED) is 0.438. The summed E-state index contributed by atoms with van der Waals surface area (Å²) in [4.78, 5) is 11.3. The minimum Gasteiger partial charge on any atom is -0.485 e. The maximum Gasteiger partial charge on any atom is 0.268 e. The van der Waals surface area contributed by atoms with Crippen molar-refractivity contribution in [3.05, 3.63) is 66.1 Å². The summed E-state index contributed by atoms with van der Waals surface area (Å²) in [6.07, 6.45) is 1.35. The van der Waals surface area contributed by atoms with Crippen molar-refractivity contribution < 1.29 is 13.9 Å². The van der Waals surface area contributed by atoms with Crippen LogP contribution in [0.25, 0.3) is 10.8 Å². The molecule has 3 aromatic rings. The summed E-state index contributed by atoms with van der Waals surface area (Å²) in [7, 11) is 0. The second-order valence-corrected chi connectivity index (χ2v) is 4.54. The first kappa shape index (κ1) is 13.2. The second-order valence-electron chi connectivity index (χ2n) is 4.54. The van der Waals surface area contributed by atoms with Gasteiger partial charge in [-0.1, -0.05) is 36.4 Å². The molecule has 0 aliphatic rings. The zero-order chi connectivity index (χ0) is 14.7. The number of fused-ring (bicyclic) bond motifs is 1. The molecule has 0 spiro atoms. The largest absolute Gasteiger partial charge is 0.485 e. The molecule has 2 aromatic carbocycles. The fraction of sp³-hybridized carbons (Fsp3) is 0.0625. The van der Waals surface area contributed by atoms with Crippen LogP contribution in [0, 0.1) is 0 Å². The minimum absolute atomic E-state index is 0.242. The first-order valence-corrected chi connectivity index (χ1v) is 6.47. The summed E-state index contributed by atoms with van der Waals surface area (Å²) in [5.41, 5.74) is 2.42. The van der Waals surface area contributed by atoms with Crippen LogP contribution in [-0.4, -0.2) is 5.91 Å². The third kappa shape index (κ3) is 2.73. The Morgan fingerprint density at radius 3 is 2.86 bits per heavy atom. The summed E-state index contributed by atoms with van der Waals surface area (Å²) >= 11 is 0. The van der Waals surface area contributed by atoms with Gasteiger partial charge in [0.1, 0.15) is 24.4 Å². The first-order valence-electron chi connectivity index (χ1n) is 6.47. The standard InChI is InChI=1S/C16H14N2O3/c17-18-16(19)12-8-13(20-9-12)10-21-15-7-3-5-11-4-1-2-6-14(11)15/h1-9H,10,17H2,(H,18,19). The molecule has 3 N–H and O–H groups in total. The van der Waals surface area contributed by atoms with Gasteiger partial charge >= 0.3 is 0 Å². The van der Waals surface area contributed by atoms with E-state index in [9.17, 15) is 4.79 Å². The lowest BCUT2D eigenvalue weighted by atomic mass is 10.1. The van der Waals surface area contributed by atoms with Crippen molar-refractivity contribution in [3.63, 3.8) is 0 Å². The number of nitrogens with two attached hydrogens (primary N) is 1. The molecule has 5 heteroatoms. The summed E-state index contributed by atoms with van der Waals surface area (Å²) in [6, 6.07) is 15.4. The van der Waals surface area contributed by atoms with E-state index in [1.54, 1.807) is 6.07 Å². The molecule has 106 valence electrons. The van der Waals surface area contributed by atoms with Crippen molar-refractivity contribution in [2.24, 2.45) is 5.84 Å². The van der Waals surface area contributed by atoms with Gasteiger partial charge in [0.25, 0.3) is 5.91 Å². The van der Waals surface area contributed by atoms with Crippen molar-refractivity contribution in [2.75, 3.05) is 0 Å². The highest BCUT2D eigenvalue weighted by molar-refractivity contribution is 5.93. The Kier molecular flexibility index (Phi) is 3.57. The van der Waals surface area contributed by atoms with Crippen LogP contribution in [0.5, 0.6) is 5.75 Å². The Hall–Kier alpha value is -2.79. The van der Waals surface area contributed by atoms with Crippen LogP contribution in [0.3, 0.4) is 0 Å². The topological polar surface area (TPSA) is 77.5 Å². The maximum absolute atomic E-state index is 11.3. The van der Waals surface area contributed by atoms with E-state index < -0.39 is 5.91 Å². The predicted molar refractivity (Wildman–Crippen MR) is 78.6 cm³/mol. The van der Waals surface area contributed by atoms with Gasteiger partial charge in [-0.3, -0.25) is 10.2 Å². The highest BCUT2D eigenvalue weighted by atomic mass is 16.5. The average Bonchev–Trinajstić information content (AvgIpc) is 3.01. The van der Waals surface area contributed by atoms with E-state index in [-0.39, 0.29) is 6.61 Å². The van der Waals surface area contributed by atoms with E-state index in [2.05, 4.69) is 5.43 Å². The van der Waals surface area contributed by atoms with Crippen LogP contribution in [0.4, 0.5) is 0 Å². The molecular formula is C16H14N2O3. The first-order chi connectivity index (χ1) is 10.3. The second kappa shape index (κ2) is 5.68. The highest BCUT2D eigenvalue weighted by Crippen LogP contribution is 2.26. The number of benzene rings is 2. The summed E-state index contributed by atoms with van der Waals surface area (Å²) in [6.45, 7) is 0.242. The number of hydrazine groups is 1. The minimum atomic E-state index is -0.393. The summed E-state index contributed by atoms with van der Waals surface area (Å²) in [5.74, 6) is 6.00. The number of hydrogen-bond donors (Lipinski definition) is 2. The van der Waals surface area contributed by atoms with Gasteiger partial charge in [0.15, 0.2) is 0 Å². The third-order valence-electron chi connectivity index (χ3n) is 3.17. The SMILES string of the molecule is NNC(=O)c1coc(COc2cccc3ccccc23)c1. The van der Waals surface area contributed by atoms with Crippen molar-refractivity contribution in [1.82, 2.24) is 5.43 Å². The molecule has 0 aliphatic heterocycles. The number of furan rings is 1. The van der Waals surface area contributed by atoms with Gasteiger partial charge in [0, 0.05) is 5.39 Å². The van der Waals surface area contributed by atoms with E-state index in [0.717, 1.165) is 16.5 Å². The van der Waals surface area contributed by atoms with Crippen molar-refractivity contribution in [2.45, 2.75) is 6.61 Å². The van der Waals surface area contributed by atoms with Gasteiger partial charge < -0.3 is 9.15 Å². The van der Waals surface area contributed by atoms with E-state index in [0.29, 0.717) is 11.3 Å². The van der Waals surface area contributed by atoms with Gasteiger partial charge in [-0.25, -0.2) is 5.84 Å². The molecule has 21 heavy (non-hydrogen) atoms. The van der Waals surface area contributed by atoms with E-state index >= 15 is 0 Å². The summed E-state index contributed by atoms with van der Waals surface area (Å²) < 4.78 is 11.1. The van der Waals surface area contributed by atoms with Gasteiger partial charge in [-0.05, 0) is 17.5 Å². The van der Waals surface area contributed by atoms with Crippen LogP contribution in [0.15, 0.2) is 59.2 Å². The number of ether oxygens (including phenoxy) is 1. The number of nitrogen functional groups attached to an aromatic ring is 1. The molecule has 3 rings (SSSR count). The zero-order valence-corrected chi connectivity index (χ0v) is 11.2. The maximum atomic E-state index is 11.3. The number of nitrogens with one attached hydrogen (secondary N) is 1. The van der Waals surface area contributed by atoms with Gasteiger partial charge in [0.2, 0.25) is 0 Å². The van der Waals surface area contributed by atoms with Crippen molar-refractivity contribution in [3.8, 4) is 5.75 Å². The van der Waals surface area contributed by atoms with E-state index in [1.165, 1.54) is 6.26 Å². The molecule has 1 heterocycles. The molecular weight excluding hydrogens is 268 g/mol. The monoisotopic (exact) mass is 282 g/mol. The molecule has 0 bridgehead atoms. The van der Waals surface area contributed by atoms with E-state index in [4.69, 9.17) is 15.0 Å². The molecule has 1 aromatic heterocycles.